The van der Waals surface area contributed by atoms with Crippen molar-refractivity contribution in [3.05, 3.63) is 107 Å². The topological polar surface area (TPSA) is 0 Å². The summed E-state index contributed by atoms with van der Waals surface area (Å²) < 4.78 is 1.06. The Bertz CT molecular complexity index is 1230. The van der Waals surface area contributed by atoms with Gasteiger partial charge in [-0.25, -0.2) is 0 Å². The van der Waals surface area contributed by atoms with Crippen molar-refractivity contribution in [2.24, 2.45) is 0 Å². The number of aryl methyl sites for hydroxylation is 2. The van der Waals surface area contributed by atoms with Gasteiger partial charge in [0.15, 0.2) is 0 Å². The molecule has 0 spiro atoms. The highest BCUT2D eigenvalue weighted by Crippen LogP contribution is 2.44. The van der Waals surface area contributed by atoms with E-state index < -0.39 is 0 Å². The number of fused-ring (bicyclic) bond motifs is 1. The summed E-state index contributed by atoms with van der Waals surface area (Å²) in [6.45, 7) is 12.5. The molecular weight excluding hydrogens is 416 g/mol. The van der Waals surface area contributed by atoms with E-state index in [1.807, 2.05) is 12.2 Å². The lowest BCUT2D eigenvalue weighted by Gasteiger charge is -2.20. The van der Waals surface area contributed by atoms with Crippen LogP contribution in [0.3, 0.4) is 0 Å². The Morgan fingerprint density at radius 1 is 0.621 bits per heavy atom. The average Bonchev–Trinajstić information content (AvgIpc) is 2.73. The molecule has 0 radical (unpaired) electrons. The number of halogens is 1. The van der Waals surface area contributed by atoms with Gasteiger partial charge in [-0.3, -0.25) is 0 Å². The van der Waals surface area contributed by atoms with Crippen LogP contribution in [0.25, 0.3) is 45.2 Å². The van der Waals surface area contributed by atoms with Crippen molar-refractivity contribution in [3.8, 4) is 22.3 Å². The van der Waals surface area contributed by atoms with E-state index in [1.165, 1.54) is 44.2 Å². The van der Waals surface area contributed by atoms with E-state index >= 15 is 0 Å². The molecule has 0 bridgehead atoms. The molecule has 0 unspecified atom stereocenters. The first-order valence-electron chi connectivity index (χ1n) is 9.71. The third-order valence-electron chi connectivity index (χ3n) is 5.44. The zero-order chi connectivity index (χ0) is 20.5. The maximum atomic E-state index is 4.16. The molecule has 0 atom stereocenters. The molecule has 29 heavy (non-hydrogen) atoms. The highest BCUT2D eigenvalue weighted by Gasteiger charge is 2.18. The zero-order valence-electron chi connectivity index (χ0n) is 16.8. The summed E-state index contributed by atoms with van der Waals surface area (Å²) >= 11 is 3.68. The molecule has 0 saturated heterocycles. The van der Waals surface area contributed by atoms with Crippen molar-refractivity contribution < 1.29 is 0 Å². The number of benzene rings is 4. The van der Waals surface area contributed by atoms with Crippen LogP contribution in [-0.2, 0) is 0 Å². The van der Waals surface area contributed by atoms with E-state index in [0.717, 1.165) is 15.6 Å². The summed E-state index contributed by atoms with van der Waals surface area (Å²) in [5.74, 6) is 0. The summed E-state index contributed by atoms with van der Waals surface area (Å²) in [6, 6.07) is 23.9. The third kappa shape index (κ3) is 3.47. The van der Waals surface area contributed by atoms with Gasteiger partial charge in [-0.15, -0.1) is 0 Å². The van der Waals surface area contributed by atoms with Crippen molar-refractivity contribution in [1.29, 1.82) is 0 Å². The predicted octanol–water partition coefficient (Wildman–Crippen LogP) is 8.84. The van der Waals surface area contributed by atoms with E-state index in [2.05, 4.69) is 110 Å². The summed E-state index contributed by atoms with van der Waals surface area (Å²) in [6.07, 6.45) is 3.93. The molecular formula is C28H23Br. The number of hydrogen-bond donors (Lipinski definition) is 0. The molecule has 142 valence electrons. The number of hydrogen-bond acceptors (Lipinski definition) is 0. The minimum atomic E-state index is 1.06. The van der Waals surface area contributed by atoms with Crippen LogP contribution >= 0.6 is 15.9 Å². The van der Waals surface area contributed by atoms with Crippen molar-refractivity contribution in [2.75, 3.05) is 0 Å². The lowest BCUT2D eigenvalue weighted by Crippen LogP contribution is -1.96. The molecule has 0 N–H and O–H groups in total. The van der Waals surface area contributed by atoms with Crippen molar-refractivity contribution >= 4 is 38.9 Å². The van der Waals surface area contributed by atoms with Crippen LogP contribution in [0.15, 0.2) is 84.4 Å². The second kappa shape index (κ2) is 7.85. The van der Waals surface area contributed by atoms with Gasteiger partial charge >= 0.3 is 0 Å². The van der Waals surface area contributed by atoms with Gasteiger partial charge in [-0.05, 0) is 70.1 Å². The molecule has 0 fully saturated rings. The van der Waals surface area contributed by atoms with E-state index in [1.54, 1.807) is 0 Å². The van der Waals surface area contributed by atoms with Gasteiger partial charge in [0.1, 0.15) is 0 Å². The number of rotatable bonds is 4. The fourth-order valence-electron chi connectivity index (χ4n) is 3.99. The highest BCUT2D eigenvalue weighted by molar-refractivity contribution is 9.10. The Hall–Kier alpha value is -2.90. The first kappa shape index (κ1) is 19.4. The Balaban J connectivity index is 2.20. The van der Waals surface area contributed by atoms with Crippen LogP contribution in [0.2, 0.25) is 0 Å². The largest absolute Gasteiger partial charge is 0.0984 e. The first-order chi connectivity index (χ1) is 14.0. The normalized spacial score (nSPS) is 10.9. The molecule has 0 nitrogen and oxygen atoms in total. The molecule has 4 aromatic carbocycles. The van der Waals surface area contributed by atoms with Crippen molar-refractivity contribution in [1.82, 2.24) is 0 Å². The molecule has 0 heterocycles. The van der Waals surface area contributed by atoms with Gasteiger partial charge in [0.2, 0.25) is 0 Å². The smallest absolute Gasteiger partial charge is 0.0181 e. The predicted molar refractivity (Wildman–Crippen MR) is 132 cm³/mol. The maximum absolute atomic E-state index is 4.16. The SMILES string of the molecule is C=Cc1c(C=C)c(-c2ccc(C)cc2)c2cc(Br)ccc2c1-c1ccc(C)cc1. The van der Waals surface area contributed by atoms with Gasteiger partial charge in [-0.2, -0.15) is 0 Å². The van der Waals surface area contributed by atoms with Crippen LogP contribution in [0.4, 0.5) is 0 Å². The van der Waals surface area contributed by atoms with E-state index in [-0.39, 0.29) is 0 Å². The van der Waals surface area contributed by atoms with E-state index in [0.29, 0.717) is 0 Å². The molecule has 1 heteroatoms. The Morgan fingerprint density at radius 3 is 1.52 bits per heavy atom. The lowest BCUT2D eigenvalue weighted by atomic mass is 9.83. The fourth-order valence-corrected chi connectivity index (χ4v) is 4.35. The third-order valence-corrected chi connectivity index (χ3v) is 5.93. The van der Waals surface area contributed by atoms with Crippen LogP contribution in [0.1, 0.15) is 22.3 Å². The summed E-state index contributed by atoms with van der Waals surface area (Å²) in [5.41, 5.74) is 9.51. The molecule has 0 aromatic heterocycles. The second-order valence-electron chi connectivity index (χ2n) is 7.41. The Kier molecular flexibility index (Phi) is 5.25. The second-order valence-corrected chi connectivity index (χ2v) is 8.32. The van der Waals surface area contributed by atoms with Gasteiger partial charge in [0, 0.05) is 4.47 Å². The van der Waals surface area contributed by atoms with E-state index in [9.17, 15) is 0 Å². The van der Waals surface area contributed by atoms with E-state index in [4.69, 9.17) is 0 Å². The zero-order valence-corrected chi connectivity index (χ0v) is 18.4. The molecule has 4 rings (SSSR count). The molecule has 0 amide bonds. The summed E-state index contributed by atoms with van der Waals surface area (Å²) in [4.78, 5) is 0. The molecule has 4 aromatic rings. The van der Waals surface area contributed by atoms with Crippen molar-refractivity contribution in [3.63, 3.8) is 0 Å². The summed E-state index contributed by atoms with van der Waals surface area (Å²) in [5, 5.41) is 2.42. The monoisotopic (exact) mass is 438 g/mol. The van der Waals surface area contributed by atoms with Crippen LogP contribution in [0, 0.1) is 13.8 Å². The Morgan fingerprint density at radius 2 is 1.07 bits per heavy atom. The van der Waals surface area contributed by atoms with Gasteiger partial charge < -0.3 is 0 Å². The minimum absolute atomic E-state index is 1.06. The van der Waals surface area contributed by atoms with Gasteiger partial charge in [0.05, 0.1) is 0 Å². The average molecular weight is 439 g/mol. The van der Waals surface area contributed by atoms with Gasteiger partial charge in [0.25, 0.3) is 0 Å². The fraction of sp³-hybridized carbons (Fsp3) is 0.0714. The van der Waals surface area contributed by atoms with Crippen LogP contribution in [0.5, 0.6) is 0 Å². The molecule has 0 aliphatic rings. The standard InChI is InChI=1S/C28H23Br/c1-5-23-24(6-2)28(21-13-9-19(4)10-14-21)26-17-22(29)15-16-25(26)27(23)20-11-7-18(3)8-12-20/h5-17H,1-2H2,3-4H3. The van der Waals surface area contributed by atoms with Crippen LogP contribution < -0.4 is 0 Å². The summed E-state index contributed by atoms with van der Waals surface area (Å²) in [7, 11) is 0. The Labute approximate surface area is 181 Å². The maximum Gasteiger partial charge on any atom is 0.0181 e. The highest BCUT2D eigenvalue weighted by atomic mass is 79.9. The quantitative estimate of drug-likeness (QED) is 0.298. The van der Waals surface area contributed by atoms with Crippen molar-refractivity contribution in [2.45, 2.75) is 13.8 Å². The first-order valence-corrected chi connectivity index (χ1v) is 10.5. The van der Waals surface area contributed by atoms with Gasteiger partial charge in [-0.1, -0.05) is 107 Å². The molecule has 0 aliphatic carbocycles. The van der Waals surface area contributed by atoms with Crippen LogP contribution in [-0.4, -0.2) is 0 Å². The lowest BCUT2D eigenvalue weighted by molar-refractivity contribution is 1.46. The minimum Gasteiger partial charge on any atom is -0.0984 e. The molecule has 0 saturated carbocycles. The molecule has 0 aliphatic heterocycles.